The Morgan fingerprint density at radius 2 is 1.68 bits per heavy atom. The van der Waals surface area contributed by atoms with Crippen molar-refractivity contribution in [1.82, 2.24) is 9.21 Å². The average molecular weight is 387 g/mol. The number of halogens is 1. The van der Waals surface area contributed by atoms with Crippen LogP contribution in [0, 0.1) is 0 Å². The molecular formula is C16H23BrN2O2S. The third-order valence-corrected chi connectivity index (χ3v) is 7.15. The first-order valence-corrected chi connectivity index (χ1v) is 10.3. The minimum absolute atomic E-state index is 0.387. The molecule has 6 heteroatoms. The van der Waals surface area contributed by atoms with Gasteiger partial charge in [0.25, 0.3) is 0 Å². The van der Waals surface area contributed by atoms with E-state index in [1.807, 2.05) is 6.07 Å². The van der Waals surface area contributed by atoms with Crippen LogP contribution >= 0.6 is 15.9 Å². The van der Waals surface area contributed by atoms with Crippen LogP contribution in [0.5, 0.6) is 0 Å². The second-order valence-corrected chi connectivity index (χ2v) is 9.04. The predicted octanol–water partition coefficient (Wildman–Crippen LogP) is 3.09. The highest BCUT2D eigenvalue weighted by atomic mass is 79.9. The van der Waals surface area contributed by atoms with E-state index in [4.69, 9.17) is 0 Å². The summed E-state index contributed by atoms with van der Waals surface area (Å²) in [5, 5.41) is 0. The lowest BCUT2D eigenvalue weighted by Gasteiger charge is -2.39. The maximum Gasteiger partial charge on any atom is 0.243 e. The summed E-state index contributed by atoms with van der Waals surface area (Å²) >= 11 is 3.35. The molecule has 0 spiro atoms. The lowest BCUT2D eigenvalue weighted by molar-refractivity contribution is 0.118. The average Bonchev–Trinajstić information content (AvgIpc) is 2.56. The number of nitrogens with zero attached hydrogens (tertiary/aromatic N) is 2. The van der Waals surface area contributed by atoms with Crippen LogP contribution in [-0.4, -0.2) is 49.8 Å². The van der Waals surface area contributed by atoms with Gasteiger partial charge in [0.2, 0.25) is 10.0 Å². The number of hydrogen-bond donors (Lipinski definition) is 0. The Hall–Kier alpha value is -0.430. The third kappa shape index (κ3) is 3.55. The van der Waals surface area contributed by atoms with E-state index in [2.05, 4.69) is 20.8 Å². The van der Waals surface area contributed by atoms with E-state index in [1.165, 1.54) is 32.4 Å². The van der Waals surface area contributed by atoms with Gasteiger partial charge in [-0.05, 0) is 57.0 Å². The number of rotatable bonds is 3. The Morgan fingerprint density at radius 1 is 1.00 bits per heavy atom. The third-order valence-electron chi connectivity index (χ3n) is 4.76. The number of benzene rings is 1. The highest BCUT2D eigenvalue weighted by Crippen LogP contribution is 2.26. The van der Waals surface area contributed by atoms with E-state index in [9.17, 15) is 8.42 Å². The van der Waals surface area contributed by atoms with Crippen LogP contribution in [0.4, 0.5) is 0 Å². The predicted molar refractivity (Wildman–Crippen MR) is 91.3 cm³/mol. The van der Waals surface area contributed by atoms with Crippen molar-refractivity contribution >= 4 is 26.0 Å². The van der Waals surface area contributed by atoms with Crippen molar-refractivity contribution in [2.45, 2.75) is 43.0 Å². The molecule has 2 aliphatic rings. The van der Waals surface area contributed by atoms with Crippen LogP contribution in [0.25, 0.3) is 0 Å². The van der Waals surface area contributed by atoms with Crippen LogP contribution in [0.3, 0.4) is 0 Å². The zero-order valence-corrected chi connectivity index (χ0v) is 15.2. The highest BCUT2D eigenvalue weighted by Gasteiger charge is 2.31. The normalized spacial score (nSPS) is 22.8. The van der Waals surface area contributed by atoms with Crippen molar-refractivity contribution in [3.05, 3.63) is 28.7 Å². The molecule has 0 atom stereocenters. The van der Waals surface area contributed by atoms with Gasteiger partial charge in [-0.1, -0.05) is 28.4 Å². The first-order chi connectivity index (χ1) is 10.6. The molecule has 0 bridgehead atoms. The standard InChI is InChI=1S/C16H23BrN2O2S/c17-14-5-4-6-16(13-14)22(20,21)19-11-7-15(8-12-19)18-9-2-1-3-10-18/h4-6,13,15H,1-3,7-12H2. The largest absolute Gasteiger partial charge is 0.300 e. The fraction of sp³-hybridized carbons (Fsp3) is 0.625. The summed E-state index contributed by atoms with van der Waals surface area (Å²) in [6, 6.07) is 7.55. The summed E-state index contributed by atoms with van der Waals surface area (Å²) in [5.74, 6) is 0. The SMILES string of the molecule is O=S(=O)(c1cccc(Br)c1)N1CCC(N2CCCCC2)CC1. The van der Waals surface area contributed by atoms with Crippen molar-refractivity contribution in [3.63, 3.8) is 0 Å². The molecular weight excluding hydrogens is 364 g/mol. The van der Waals surface area contributed by atoms with E-state index in [0.717, 1.165) is 17.3 Å². The zero-order valence-electron chi connectivity index (χ0n) is 12.7. The van der Waals surface area contributed by atoms with Crippen molar-refractivity contribution in [3.8, 4) is 0 Å². The fourth-order valence-corrected chi connectivity index (χ4v) is 5.57. The summed E-state index contributed by atoms with van der Waals surface area (Å²) in [5.41, 5.74) is 0. The van der Waals surface area contributed by atoms with E-state index in [0.29, 0.717) is 24.0 Å². The summed E-state index contributed by atoms with van der Waals surface area (Å²) in [6.45, 7) is 3.64. The lowest BCUT2D eigenvalue weighted by Crippen LogP contribution is -2.48. The van der Waals surface area contributed by atoms with Crippen molar-refractivity contribution < 1.29 is 8.42 Å². The summed E-state index contributed by atoms with van der Waals surface area (Å²) in [7, 11) is -3.35. The number of likely N-dealkylation sites (tertiary alicyclic amines) is 1. The van der Waals surface area contributed by atoms with Crippen LogP contribution in [-0.2, 0) is 10.0 Å². The molecule has 0 amide bonds. The van der Waals surface area contributed by atoms with Gasteiger partial charge in [-0.2, -0.15) is 4.31 Å². The molecule has 3 rings (SSSR count). The van der Waals surface area contributed by atoms with Gasteiger partial charge in [0.15, 0.2) is 0 Å². The quantitative estimate of drug-likeness (QED) is 0.801. The van der Waals surface area contributed by atoms with Gasteiger partial charge in [0, 0.05) is 23.6 Å². The molecule has 0 aliphatic carbocycles. The van der Waals surface area contributed by atoms with Gasteiger partial charge in [0.05, 0.1) is 4.90 Å². The minimum atomic E-state index is -3.35. The van der Waals surface area contributed by atoms with Crippen molar-refractivity contribution in [1.29, 1.82) is 0 Å². The first kappa shape index (κ1) is 16.4. The Bertz CT molecular complexity index is 606. The van der Waals surface area contributed by atoms with Crippen LogP contribution in [0.2, 0.25) is 0 Å². The lowest BCUT2D eigenvalue weighted by atomic mass is 10.0. The summed E-state index contributed by atoms with van der Waals surface area (Å²) < 4.78 is 27.9. The fourth-order valence-electron chi connectivity index (χ4n) is 3.51. The minimum Gasteiger partial charge on any atom is -0.300 e. The molecule has 4 nitrogen and oxygen atoms in total. The maximum atomic E-state index is 12.7. The van der Waals surface area contributed by atoms with Crippen molar-refractivity contribution in [2.24, 2.45) is 0 Å². The molecule has 0 N–H and O–H groups in total. The maximum absolute atomic E-state index is 12.7. The molecule has 2 saturated heterocycles. The summed E-state index contributed by atoms with van der Waals surface area (Å²) in [6.07, 6.45) is 5.82. The van der Waals surface area contributed by atoms with E-state index < -0.39 is 10.0 Å². The van der Waals surface area contributed by atoms with Gasteiger partial charge in [-0.15, -0.1) is 0 Å². The van der Waals surface area contributed by atoms with Crippen molar-refractivity contribution in [2.75, 3.05) is 26.2 Å². The van der Waals surface area contributed by atoms with Gasteiger partial charge in [-0.3, -0.25) is 0 Å². The number of piperidine rings is 2. The Balaban J connectivity index is 1.65. The summed E-state index contributed by atoms with van der Waals surface area (Å²) in [4.78, 5) is 2.95. The van der Waals surface area contributed by atoms with E-state index >= 15 is 0 Å². The molecule has 0 saturated carbocycles. The number of sulfonamides is 1. The Kier molecular flexibility index (Phi) is 5.22. The molecule has 0 aromatic heterocycles. The Labute approximate surface area is 141 Å². The Morgan fingerprint density at radius 3 is 2.32 bits per heavy atom. The van der Waals surface area contributed by atoms with Gasteiger partial charge < -0.3 is 4.90 Å². The molecule has 2 fully saturated rings. The smallest absolute Gasteiger partial charge is 0.243 e. The van der Waals surface area contributed by atoms with Gasteiger partial charge >= 0.3 is 0 Å². The molecule has 1 aromatic carbocycles. The highest BCUT2D eigenvalue weighted by molar-refractivity contribution is 9.10. The van der Waals surface area contributed by atoms with Crippen LogP contribution in [0.1, 0.15) is 32.1 Å². The second kappa shape index (κ2) is 6.99. The zero-order chi connectivity index (χ0) is 15.6. The molecule has 22 heavy (non-hydrogen) atoms. The topological polar surface area (TPSA) is 40.6 Å². The monoisotopic (exact) mass is 386 g/mol. The second-order valence-electron chi connectivity index (χ2n) is 6.19. The van der Waals surface area contributed by atoms with Crippen LogP contribution in [0.15, 0.2) is 33.6 Å². The molecule has 122 valence electrons. The molecule has 0 radical (unpaired) electrons. The molecule has 2 heterocycles. The van der Waals surface area contributed by atoms with Gasteiger partial charge in [0.1, 0.15) is 0 Å². The van der Waals surface area contributed by atoms with E-state index in [-0.39, 0.29) is 0 Å². The molecule has 0 unspecified atom stereocenters. The van der Waals surface area contributed by atoms with Crippen LogP contribution < -0.4 is 0 Å². The molecule has 2 aliphatic heterocycles. The number of hydrogen-bond acceptors (Lipinski definition) is 3. The molecule has 1 aromatic rings. The van der Waals surface area contributed by atoms with Gasteiger partial charge in [-0.25, -0.2) is 8.42 Å². The van der Waals surface area contributed by atoms with E-state index in [1.54, 1.807) is 22.5 Å². The first-order valence-electron chi connectivity index (χ1n) is 8.07.